The third-order valence-electron chi connectivity index (χ3n) is 3.31. The summed E-state index contributed by atoms with van der Waals surface area (Å²) in [5.74, 6) is 0.801. The summed E-state index contributed by atoms with van der Waals surface area (Å²) in [7, 11) is 0. The van der Waals surface area contributed by atoms with Gasteiger partial charge in [0.25, 0.3) is 0 Å². The van der Waals surface area contributed by atoms with E-state index < -0.39 is 0 Å². The molecule has 0 saturated heterocycles. The number of rotatable bonds is 6. The molecule has 106 valence electrons. The zero-order valence-electron chi connectivity index (χ0n) is 12.2. The van der Waals surface area contributed by atoms with Crippen molar-refractivity contribution in [2.75, 3.05) is 24.2 Å². The van der Waals surface area contributed by atoms with Crippen LogP contribution >= 0.6 is 0 Å². The van der Waals surface area contributed by atoms with Crippen LogP contribution in [-0.2, 0) is 4.74 Å². The van der Waals surface area contributed by atoms with Crippen molar-refractivity contribution in [3.8, 4) is 0 Å². The first-order valence-electron chi connectivity index (χ1n) is 6.76. The summed E-state index contributed by atoms with van der Waals surface area (Å²) >= 11 is 0. The summed E-state index contributed by atoms with van der Waals surface area (Å²) in [5.41, 5.74) is 7.56. The van der Waals surface area contributed by atoms with Gasteiger partial charge in [-0.25, -0.2) is 4.79 Å². The minimum Gasteiger partial charge on any atom is -0.462 e. The van der Waals surface area contributed by atoms with E-state index in [-0.39, 0.29) is 5.97 Å². The Labute approximate surface area is 115 Å². The van der Waals surface area contributed by atoms with Crippen molar-refractivity contribution in [1.29, 1.82) is 0 Å². The molecule has 0 aromatic heterocycles. The summed E-state index contributed by atoms with van der Waals surface area (Å²) < 4.78 is 4.98. The Hall–Kier alpha value is -1.71. The third-order valence-corrected chi connectivity index (χ3v) is 3.31. The van der Waals surface area contributed by atoms with Crippen LogP contribution in [-0.4, -0.2) is 19.1 Å². The summed E-state index contributed by atoms with van der Waals surface area (Å²) in [4.78, 5) is 11.7. The quantitative estimate of drug-likeness (QED) is 0.612. The molecular weight excluding hydrogens is 240 g/mol. The lowest BCUT2D eigenvalue weighted by Crippen LogP contribution is -2.16. The Balaban J connectivity index is 2.76. The van der Waals surface area contributed by atoms with Crippen molar-refractivity contribution in [2.45, 2.75) is 27.7 Å². The standard InChI is InChI=1S/C15H24N2O2/c1-5-19-15(18)13-8-12(6-7-14(13)16)17-9-11(4)10(2)3/h6-8,10-11,17H,5,9,16H2,1-4H3. The van der Waals surface area contributed by atoms with E-state index in [2.05, 4.69) is 26.1 Å². The molecule has 1 rings (SSSR count). The van der Waals surface area contributed by atoms with E-state index in [0.717, 1.165) is 12.2 Å². The maximum Gasteiger partial charge on any atom is 0.340 e. The Morgan fingerprint density at radius 2 is 2.05 bits per heavy atom. The third kappa shape index (κ3) is 4.47. The van der Waals surface area contributed by atoms with Gasteiger partial charge in [-0.15, -0.1) is 0 Å². The molecule has 0 heterocycles. The highest BCUT2D eigenvalue weighted by Gasteiger charge is 2.12. The lowest BCUT2D eigenvalue weighted by molar-refractivity contribution is 0.0527. The Bertz CT molecular complexity index is 430. The van der Waals surface area contributed by atoms with Gasteiger partial charge in [0.2, 0.25) is 0 Å². The van der Waals surface area contributed by atoms with E-state index in [4.69, 9.17) is 10.5 Å². The number of nitrogens with two attached hydrogens (primary N) is 1. The lowest BCUT2D eigenvalue weighted by atomic mass is 9.98. The molecule has 19 heavy (non-hydrogen) atoms. The second-order valence-electron chi connectivity index (χ2n) is 5.12. The van der Waals surface area contributed by atoms with Gasteiger partial charge in [-0.1, -0.05) is 20.8 Å². The normalized spacial score (nSPS) is 12.3. The van der Waals surface area contributed by atoms with Crippen molar-refractivity contribution in [3.05, 3.63) is 23.8 Å². The largest absolute Gasteiger partial charge is 0.462 e. The van der Waals surface area contributed by atoms with Crippen LogP contribution in [0.3, 0.4) is 0 Å². The zero-order chi connectivity index (χ0) is 14.4. The minimum absolute atomic E-state index is 0.348. The Morgan fingerprint density at radius 1 is 1.37 bits per heavy atom. The summed E-state index contributed by atoms with van der Waals surface area (Å²) in [5, 5.41) is 3.33. The molecule has 1 aromatic carbocycles. The molecule has 0 aliphatic rings. The van der Waals surface area contributed by atoms with E-state index in [1.807, 2.05) is 6.07 Å². The predicted octanol–water partition coefficient (Wildman–Crippen LogP) is 3.15. The molecule has 0 aliphatic heterocycles. The van der Waals surface area contributed by atoms with E-state index in [0.29, 0.717) is 29.7 Å². The smallest absolute Gasteiger partial charge is 0.340 e. The molecule has 1 unspecified atom stereocenters. The highest BCUT2D eigenvalue weighted by molar-refractivity contribution is 5.96. The fourth-order valence-electron chi connectivity index (χ4n) is 1.57. The molecule has 1 aromatic rings. The number of benzene rings is 1. The predicted molar refractivity (Wildman–Crippen MR) is 79.3 cm³/mol. The SMILES string of the molecule is CCOC(=O)c1cc(NCC(C)C(C)C)ccc1N. The number of carbonyl (C=O) groups is 1. The first-order valence-corrected chi connectivity index (χ1v) is 6.76. The molecule has 1 atom stereocenters. The van der Waals surface area contributed by atoms with Crippen LogP contribution in [0.4, 0.5) is 11.4 Å². The van der Waals surface area contributed by atoms with Crippen LogP contribution in [0.1, 0.15) is 38.1 Å². The molecular formula is C15H24N2O2. The van der Waals surface area contributed by atoms with Gasteiger partial charge in [-0.2, -0.15) is 0 Å². The maximum absolute atomic E-state index is 11.7. The number of ether oxygens (including phenoxy) is 1. The molecule has 0 spiro atoms. The average molecular weight is 264 g/mol. The molecule has 3 N–H and O–H groups in total. The number of esters is 1. The van der Waals surface area contributed by atoms with Crippen LogP contribution in [0.2, 0.25) is 0 Å². The van der Waals surface area contributed by atoms with Crippen LogP contribution in [0.5, 0.6) is 0 Å². The van der Waals surface area contributed by atoms with Gasteiger partial charge in [0.15, 0.2) is 0 Å². The number of nitrogens with one attached hydrogen (secondary N) is 1. The summed E-state index contributed by atoms with van der Waals surface area (Å²) in [6.07, 6.45) is 0. The van der Waals surface area contributed by atoms with Gasteiger partial charge in [0.05, 0.1) is 12.2 Å². The van der Waals surface area contributed by atoms with Crippen LogP contribution in [0.15, 0.2) is 18.2 Å². The molecule has 0 radical (unpaired) electrons. The average Bonchev–Trinajstić information content (AvgIpc) is 2.37. The number of carbonyl (C=O) groups excluding carboxylic acids is 1. The van der Waals surface area contributed by atoms with Gasteiger partial charge in [0.1, 0.15) is 0 Å². The molecule has 0 saturated carbocycles. The van der Waals surface area contributed by atoms with Crippen molar-refractivity contribution < 1.29 is 9.53 Å². The lowest BCUT2D eigenvalue weighted by Gasteiger charge is -2.17. The van der Waals surface area contributed by atoms with E-state index >= 15 is 0 Å². The van der Waals surface area contributed by atoms with Crippen LogP contribution in [0.25, 0.3) is 0 Å². The molecule has 4 nitrogen and oxygen atoms in total. The molecule has 0 aliphatic carbocycles. The topological polar surface area (TPSA) is 64.3 Å². The highest BCUT2D eigenvalue weighted by atomic mass is 16.5. The minimum atomic E-state index is -0.374. The van der Waals surface area contributed by atoms with Crippen molar-refractivity contribution in [1.82, 2.24) is 0 Å². The number of anilines is 2. The van der Waals surface area contributed by atoms with E-state index in [1.165, 1.54) is 0 Å². The van der Waals surface area contributed by atoms with Gasteiger partial charge >= 0.3 is 5.97 Å². The Morgan fingerprint density at radius 3 is 2.63 bits per heavy atom. The first-order chi connectivity index (χ1) is 8.95. The highest BCUT2D eigenvalue weighted by Crippen LogP contribution is 2.20. The summed E-state index contributed by atoms with van der Waals surface area (Å²) in [6, 6.07) is 5.36. The number of hydrogen-bond acceptors (Lipinski definition) is 4. The monoisotopic (exact) mass is 264 g/mol. The molecule has 0 fully saturated rings. The molecule has 0 amide bonds. The van der Waals surface area contributed by atoms with Crippen LogP contribution < -0.4 is 11.1 Å². The van der Waals surface area contributed by atoms with Gasteiger partial charge in [-0.05, 0) is 37.0 Å². The fraction of sp³-hybridized carbons (Fsp3) is 0.533. The number of hydrogen-bond donors (Lipinski definition) is 2. The molecule has 4 heteroatoms. The van der Waals surface area contributed by atoms with Gasteiger partial charge in [-0.3, -0.25) is 0 Å². The van der Waals surface area contributed by atoms with E-state index in [9.17, 15) is 4.79 Å². The van der Waals surface area contributed by atoms with E-state index in [1.54, 1.807) is 19.1 Å². The molecule has 0 bridgehead atoms. The first kappa shape index (κ1) is 15.3. The fourth-order valence-corrected chi connectivity index (χ4v) is 1.57. The van der Waals surface area contributed by atoms with Crippen molar-refractivity contribution in [2.24, 2.45) is 11.8 Å². The number of nitrogen functional groups attached to an aromatic ring is 1. The van der Waals surface area contributed by atoms with Crippen LogP contribution in [0, 0.1) is 11.8 Å². The van der Waals surface area contributed by atoms with Gasteiger partial charge < -0.3 is 15.8 Å². The van der Waals surface area contributed by atoms with Crippen molar-refractivity contribution in [3.63, 3.8) is 0 Å². The maximum atomic E-state index is 11.7. The zero-order valence-corrected chi connectivity index (χ0v) is 12.2. The van der Waals surface area contributed by atoms with Crippen molar-refractivity contribution >= 4 is 17.3 Å². The second kappa shape index (κ2) is 7.02. The second-order valence-corrected chi connectivity index (χ2v) is 5.12. The van der Waals surface area contributed by atoms with Gasteiger partial charge in [0, 0.05) is 17.9 Å². The Kier molecular flexibility index (Phi) is 5.67. The summed E-state index contributed by atoms with van der Waals surface area (Å²) in [6.45, 7) is 9.57.